The van der Waals surface area contributed by atoms with Gasteiger partial charge in [-0.05, 0) is 24.3 Å². The van der Waals surface area contributed by atoms with E-state index in [1.165, 1.54) is 33.3 Å². The van der Waals surface area contributed by atoms with Gasteiger partial charge in [0, 0.05) is 14.1 Å². The summed E-state index contributed by atoms with van der Waals surface area (Å²) in [6, 6.07) is 9.66. The van der Waals surface area contributed by atoms with Gasteiger partial charge in [0.2, 0.25) is 11.0 Å². The predicted octanol–water partition coefficient (Wildman–Crippen LogP) is 1.58. The molecule has 0 saturated heterocycles. The highest BCUT2D eigenvalue weighted by Crippen LogP contribution is 2.27. The van der Waals surface area contributed by atoms with Crippen LogP contribution in [0.3, 0.4) is 0 Å². The van der Waals surface area contributed by atoms with E-state index in [0.717, 1.165) is 4.31 Å². The SMILES string of the molecule is COc1ccccc1-c1nc(NC(=O)c2ccc(S(=O)(=O)N(C)C)o2)n[nH]1. The quantitative estimate of drug-likeness (QED) is 0.652. The Morgan fingerprint density at radius 3 is 2.67 bits per heavy atom. The largest absolute Gasteiger partial charge is 0.496 e. The van der Waals surface area contributed by atoms with Crippen molar-refractivity contribution in [3.8, 4) is 17.1 Å². The van der Waals surface area contributed by atoms with Crippen LogP contribution >= 0.6 is 0 Å². The Balaban J connectivity index is 1.78. The maximum Gasteiger partial charge on any atom is 0.293 e. The molecule has 10 nitrogen and oxygen atoms in total. The molecular weight excluding hydrogens is 374 g/mol. The Labute approximate surface area is 155 Å². The van der Waals surface area contributed by atoms with E-state index in [2.05, 4.69) is 20.5 Å². The number of methoxy groups -OCH3 is 1. The van der Waals surface area contributed by atoms with Crippen molar-refractivity contribution in [3.05, 3.63) is 42.2 Å². The normalized spacial score (nSPS) is 11.6. The molecule has 3 rings (SSSR count). The maximum absolute atomic E-state index is 12.3. The number of anilines is 1. The minimum Gasteiger partial charge on any atom is -0.496 e. The van der Waals surface area contributed by atoms with Crippen LogP contribution in [0.25, 0.3) is 11.4 Å². The van der Waals surface area contributed by atoms with Gasteiger partial charge in [-0.2, -0.15) is 4.98 Å². The topological polar surface area (TPSA) is 130 Å². The number of ether oxygens (including phenoxy) is 1. The first-order chi connectivity index (χ1) is 12.8. The van der Waals surface area contributed by atoms with Gasteiger partial charge in [-0.15, -0.1) is 5.10 Å². The van der Waals surface area contributed by atoms with E-state index < -0.39 is 15.9 Å². The van der Waals surface area contributed by atoms with Crippen molar-refractivity contribution in [1.29, 1.82) is 0 Å². The Bertz CT molecular complexity index is 1070. The molecule has 0 spiro atoms. The molecule has 3 aromatic rings. The monoisotopic (exact) mass is 391 g/mol. The van der Waals surface area contributed by atoms with E-state index in [-0.39, 0.29) is 16.8 Å². The lowest BCUT2D eigenvalue weighted by Crippen LogP contribution is -2.21. The highest BCUT2D eigenvalue weighted by atomic mass is 32.2. The molecule has 0 saturated carbocycles. The number of nitrogens with one attached hydrogen (secondary N) is 2. The highest BCUT2D eigenvalue weighted by Gasteiger charge is 2.24. The Hall–Kier alpha value is -3.18. The van der Waals surface area contributed by atoms with Gasteiger partial charge < -0.3 is 9.15 Å². The van der Waals surface area contributed by atoms with Crippen LogP contribution in [0.15, 0.2) is 45.9 Å². The Morgan fingerprint density at radius 2 is 1.96 bits per heavy atom. The van der Waals surface area contributed by atoms with E-state index in [1.54, 1.807) is 12.1 Å². The van der Waals surface area contributed by atoms with Gasteiger partial charge in [0.1, 0.15) is 5.75 Å². The molecule has 0 radical (unpaired) electrons. The van der Waals surface area contributed by atoms with Crippen molar-refractivity contribution in [1.82, 2.24) is 19.5 Å². The summed E-state index contributed by atoms with van der Waals surface area (Å²) in [7, 11) is 0.501. The Morgan fingerprint density at radius 1 is 1.22 bits per heavy atom. The van der Waals surface area contributed by atoms with Gasteiger partial charge >= 0.3 is 0 Å². The summed E-state index contributed by atoms with van der Waals surface area (Å²) in [5.74, 6) is 0.142. The number of hydrogen-bond acceptors (Lipinski definition) is 7. The fraction of sp³-hybridized carbons (Fsp3) is 0.188. The van der Waals surface area contributed by atoms with E-state index in [9.17, 15) is 13.2 Å². The smallest absolute Gasteiger partial charge is 0.293 e. The number of nitrogens with zero attached hydrogens (tertiary/aromatic N) is 3. The van der Waals surface area contributed by atoms with Gasteiger partial charge in [-0.1, -0.05) is 12.1 Å². The molecule has 2 heterocycles. The number of furan rings is 1. The summed E-state index contributed by atoms with van der Waals surface area (Å²) in [6.07, 6.45) is 0. The van der Waals surface area contributed by atoms with Crippen LogP contribution in [0.4, 0.5) is 5.95 Å². The minimum absolute atomic E-state index is 0.00863. The van der Waals surface area contributed by atoms with E-state index in [4.69, 9.17) is 9.15 Å². The number of hydrogen-bond donors (Lipinski definition) is 2. The molecule has 0 atom stereocenters. The molecule has 2 N–H and O–H groups in total. The zero-order valence-electron chi connectivity index (χ0n) is 14.8. The third kappa shape index (κ3) is 3.68. The summed E-state index contributed by atoms with van der Waals surface area (Å²) < 4.78 is 35.4. The number of benzene rings is 1. The first-order valence-corrected chi connectivity index (χ1v) is 9.16. The van der Waals surface area contributed by atoms with Crippen molar-refractivity contribution >= 4 is 21.9 Å². The predicted molar refractivity (Wildman–Crippen MR) is 95.9 cm³/mol. The highest BCUT2D eigenvalue weighted by molar-refractivity contribution is 7.88. The van der Waals surface area contributed by atoms with Crippen LogP contribution in [0.1, 0.15) is 10.6 Å². The fourth-order valence-electron chi connectivity index (χ4n) is 2.20. The first-order valence-electron chi connectivity index (χ1n) is 7.72. The van der Waals surface area contributed by atoms with Crippen LogP contribution in [-0.2, 0) is 10.0 Å². The minimum atomic E-state index is -3.77. The molecule has 0 aliphatic carbocycles. The lowest BCUT2D eigenvalue weighted by atomic mass is 10.2. The molecule has 0 aliphatic rings. The average Bonchev–Trinajstić information content (AvgIpc) is 3.31. The molecule has 1 amide bonds. The fourth-order valence-corrected chi connectivity index (χ4v) is 3.00. The molecule has 27 heavy (non-hydrogen) atoms. The van der Waals surface area contributed by atoms with Crippen molar-refractivity contribution in [2.24, 2.45) is 0 Å². The van der Waals surface area contributed by atoms with E-state index in [0.29, 0.717) is 17.1 Å². The number of rotatable bonds is 6. The number of H-pyrrole nitrogens is 1. The zero-order valence-corrected chi connectivity index (χ0v) is 15.6. The molecule has 1 aromatic carbocycles. The molecule has 142 valence electrons. The van der Waals surface area contributed by atoms with Gasteiger partial charge in [-0.3, -0.25) is 15.2 Å². The number of aromatic nitrogens is 3. The van der Waals surface area contributed by atoms with Crippen molar-refractivity contribution in [2.45, 2.75) is 5.09 Å². The van der Waals surface area contributed by atoms with Crippen LogP contribution in [-0.4, -0.2) is 55.0 Å². The van der Waals surface area contributed by atoms with Gasteiger partial charge in [0.25, 0.3) is 15.9 Å². The summed E-state index contributed by atoms with van der Waals surface area (Å²) in [6.45, 7) is 0. The van der Waals surface area contributed by atoms with E-state index >= 15 is 0 Å². The number of aromatic amines is 1. The summed E-state index contributed by atoms with van der Waals surface area (Å²) in [5, 5.41) is 8.75. The third-order valence-electron chi connectivity index (χ3n) is 3.61. The van der Waals surface area contributed by atoms with Gasteiger partial charge in [0.15, 0.2) is 11.6 Å². The number of sulfonamides is 1. The second-order valence-electron chi connectivity index (χ2n) is 5.57. The lowest BCUT2D eigenvalue weighted by Gasteiger charge is -2.07. The molecule has 2 aromatic heterocycles. The number of carbonyl (C=O) groups excluding carboxylic acids is 1. The van der Waals surface area contributed by atoms with Crippen LogP contribution in [0.2, 0.25) is 0 Å². The molecule has 0 aliphatic heterocycles. The summed E-state index contributed by atoms with van der Waals surface area (Å²) in [4.78, 5) is 16.5. The number of carbonyl (C=O) groups is 1. The standard InChI is InChI=1S/C16H17N5O5S/c1-21(2)27(23,24)13-9-8-12(26-13)15(22)18-16-17-14(19-20-16)10-6-4-5-7-11(10)25-3/h4-9H,1-3H3,(H2,17,18,19,20,22). The van der Waals surface area contributed by atoms with Gasteiger partial charge in [0.05, 0.1) is 12.7 Å². The van der Waals surface area contributed by atoms with Crippen molar-refractivity contribution in [3.63, 3.8) is 0 Å². The zero-order chi connectivity index (χ0) is 19.6. The molecule has 11 heteroatoms. The first kappa shape index (κ1) is 18.6. The van der Waals surface area contributed by atoms with Crippen molar-refractivity contribution in [2.75, 3.05) is 26.5 Å². The third-order valence-corrected chi connectivity index (χ3v) is 5.30. The summed E-state index contributed by atoms with van der Waals surface area (Å²) >= 11 is 0. The van der Waals surface area contributed by atoms with Gasteiger partial charge in [-0.25, -0.2) is 12.7 Å². The van der Waals surface area contributed by atoms with Crippen LogP contribution in [0.5, 0.6) is 5.75 Å². The lowest BCUT2D eigenvalue weighted by molar-refractivity contribution is 0.0990. The summed E-state index contributed by atoms with van der Waals surface area (Å²) in [5.41, 5.74) is 0.672. The van der Waals surface area contributed by atoms with Crippen LogP contribution in [0, 0.1) is 0 Å². The van der Waals surface area contributed by atoms with Crippen molar-refractivity contribution < 1.29 is 22.4 Å². The molecule has 0 fully saturated rings. The maximum atomic E-state index is 12.3. The second kappa shape index (κ2) is 7.21. The number of amides is 1. The molecule has 0 unspecified atom stereocenters. The van der Waals surface area contributed by atoms with E-state index in [1.807, 2.05) is 12.1 Å². The Kier molecular flexibility index (Phi) is 4.97. The second-order valence-corrected chi connectivity index (χ2v) is 7.65. The molecule has 0 bridgehead atoms. The average molecular weight is 391 g/mol. The molecular formula is C16H17N5O5S. The number of para-hydroxylation sites is 1. The van der Waals surface area contributed by atoms with Crippen LogP contribution < -0.4 is 10.1 Å².